The summed E-state index contributed by atoms with van der Waals surface area (Å²) in [5.74, 6) is 0.234. The summed E-state index contributed by atoms with van der Waals surface area (Å²) >= 11 is 0. The smallest absolute Gasteiger partial charge is 0.436 e. The number of unbranched alkanes of at least 4 members (excludes halogenated alkanes) is 1. The summed E-state index contributed by atoms with van der Waals surface area (Å²) in [5.41, 5.74) is 6.87. The van der Waals surface area contributed by atoms with Crippen molar-refractivity contribution in [3.8, 4) is 0 Å². The molecule has 1 aliphatic carbocycles. The Labute approximate surface area is 232 Å². The molecule has 3 amide bonds. The van der Waals surface area contributed by atoms with Crippen LogP contribution in [0.15, 0.2) is 30.3 Å². The number of amides is 3. The lowest BCUT2D eigenvalue weighted by Gasteiger charge is -2.52. The summed E-state index contributed by atoms with van der Waals surface area (Å²) < 4.78 is 5.79. The van der Waals surface area contributed by atoms with Crippen molar-refractivity contribution in [1.29, 1.82) is 0 Å². The van der Waals surface area contributed by atoms with Crippen molar-refractivity contribution in [2.24, 2.45) is 17.6 Å². The van der Waals surface area contributed by atoms with Crippen molar-refractivity contribution in [2.45, 2.75) is 96.4 Å². The number of hydrogen-bond donors (Lipinski definition) is 1. The Bertz CT molecular complexity index is 952. The van der Waals surface area contributed by atoms with Gasteiger partial charge in [-0.1, -0.05) is 63.4 Å². The Kier molecular flexibility index (Phi) is 10.6. The molecule has 2 aliphatic heterocycles. The highest BCUT2D eigenvalue weighted by molar-refractivity contribution is 5.92. The van der Waals surface area contributed by atoms with Crippen LogP contribution in [0.5, 0.6) is 0 Å². The Morgan fingerprint density at radius 3 is 2.51 bits per heavy atom. The lowest BCUT2D eigenvalue weighted by molar-refractivity contribution is -0.269. The third-order valence-corrected chi connectivity index (χ3v) is 8.16. The molecule has 1 aromatic carbocycles. The molecular formula is C30H46N4O5. The van der Waals surface area contributed by atoms with Crippen LogP contribution in [-0.4, -0.2) is 77.3 Å². The van der Waals surface area contributed by atoms with E-state index in [1.54, 1.807) is 9.80 Å². The van der Waals surface area contributed by atoms with Gasteiger partial charge in [0.05, 0.1) is 13.2 Å². The Hall–Kier alpha value is -2.65. The lowest BCUT2D eigenvalue weighted by Crippen LogP contribution is -2.73. The molecule has 1 aromatic rings. The zero-order chi connectivity index (χ0) is 27.8. The number of ether oxygens (including phenoxy) is 1. The quantitative estimate of drug-likeness (QED) is 0.422. The second-order valence-corrected chi connectivity index (χ2v) is 11.7. The van der Waals surface area contributed by atoms with Gasteiger partial charge in [0, 0.05) is 6.54 Å². The molecule has 3 atom stereocenters. The van der Waals surface area contributed by atoms with Gasteiger partial charge in [0.2, 0.25) is 5.91 Å². The number of hydroxylamine groups is 2. The van der Waals surface area contributed by atoms with Crippen LogP contribution in [0.25, 0.3) is 0 Å². The maximum Gasteiger partial charge on any atom is 0.436 e. The van der Waals surface area contributed by atoms with Gasteiger partial charge in [-0.2, -0.15) is 5.06 Å². The molecule has 0 spiro atoms. The maximum atomic E-state index is 13.8. The fourth-order valence-corrected chi connectivity index (χ4v) is 6.02. The first kappa shape index (κ1) is 29.3. The average molecular weight is 543 g/mol. The first-order valence-corrected chi connectivity index (χ1v) is 14.9. The third-order valence-electron chi connectivity index (χ3n) is 8.16. The maximum absolute atomic E-state index is 13.8. The van der Waals surface area contributed by atoms with Crippen LogP contribution in [0.4, 0.5) is 4.79 Å². The minimum atomic E-state index is -0.829. The van der Waals surface area contributed by atoms with E-state index in [9.17, 15) is 14.4 Å². The van der Waals surface area contributed by atoms with Crippen molar-refractivity contribution >= 4 is 17.9 Å². The first-order chi connectivity index (χ1) is 18.9. The number of fused-ring (bicyclic) bond motifs is 1. The van der Waals surface area contributed by atoms with Gasteiger partial charge in [-0.3, -0.25) is 14.4 Å². The molecule has 0 bridgehead atoms. The number of carbonyl (C=O) groups excluding carboxylic acids is 3. The number of carbonyl (C=O) groups is 3. The van der Waals surface area contributed by atoms with Crippen LogP contribution < -0.4 is 5.73 Å². The van der Waals surface area contributed by atoms with Crippen LogP contribution in [0, 0.1) is 11.8 Å². The van der Waals surface area contributed by atoms with Gasteiger partial charge < -0.3 is 20.3 Å². The second-order valence-electron chi connectivity index (χ2n) is 11.7. The van der Waals surface area contributed by atoms with Crippen molar-refractivity contribution in [2.75, 3.05) is 26.2 Å². The molecule has 216 valence electrons. The molecule has 3 aliphatic rings. The summed E-state index contributed by atoms with van der Waals surface area (Å²) in [6.45, 7) is 5.59. The standard InChI is InChI=1S/C30H46N4O5/c1-22(2)19-26-29(36)33-25(15-9-10-17-31)28(35)32(18-16-23-11-5-3-6-12-23)20-27(33)34(39-26)30(37)38-21-24-13-7-4-8-14-24/h3,5-6,11-12,22,24-27H,4,7-10,13-21,31H2,1-2H3/t25-,26+,27?/m0/s1. The molecule has 1 saturated carbocycles. The highest BCUT2D eigenvalue weighted by atomic mass is 16.7. The summed E-state index contributed by atoms with van der Waals surface area (Å²) in [6.07, 6.45) is 6.66. The molecule has 2 saturated heterocycles. The number of hydrogen-bond acceptors (Lipinski definition) is 6. The van der Waals surface area contributed by atoms with E-state index in [4.69, 9.17) is 15.3 Å². The number of nitrogens with two attached hydrogens (primary N) is 1. The van der Waals surface area contributed by atoms with Crippen LogP contribution in [0.3, 0.4) is 0 Å². The number of piperazine rings is 1. The monoisotopic (exact) mass is 542 g/mol. The minimum absolute atomic E-state index is 0.0757. The minimum Gasteiger partial charge on any atom is -0.448 e. The SMILES string of the molecule is CC(C)C[C@H]1ON(C(=O)OCC2CCCCC2)C2CN(CCc3ccccc3)C(=O)[C@H](CCCCN)N2C1=O. The Morgan fingerprint density at radius 2 is 1.82 bits per heavy atom. The van der Waals surface area contributed by atoms with Gasteiger partial charge in [-0.25, -0.2) is 4.79 Å². The zero-order valence-corrected chi connectivity index (χ0v) is 23.6. The topological polar surface area (TPSA) is 105 Å². The van der Waals surface area contributed by atoms with E-state index in [1.165, 1.54) is 11.5 Å². The Balaban J connectivity index is 1.57. The predicted octanol–water partition coefficient (Wildman–Crippen LogP) is 4.10. The first-order valence-electron chi connectivity index (χ1n) is 14.9. The number of nitrogens with zero attached hydrogens (tertiary/aromatic N) is 3. The van der Waals surface area contributed by atoms with Crippen molar-refractivity contribution in [1.82, 2.24) is 14.9 Å². The van der Waals surface area contributed by atoms with Crippen LogP contribution in [0.2, 0.25) is 0 Å². The summed E-state index contributed by atoms with van der Waals surface area (Å²) in [7, 11) is 0. The molecule has 4 rings (SSSR count). The van der Waals surface area contributed by atoms with E-state index in [-0.39, 0.29) is 24.3 Å². The van der Waals surface area contributed by atoms with Crippen molar-refractivity contribution < 1.29 is 24.0 Å². The van der Waals surface area contributed by atoms with Gasteiger partial charge in [0.1, 0.15) is 6.04 Å². The van der Waals surface area contributed by atoms with Gasteiger partial charge in [0.25, 0.3) is 5.91 Å². The van der Waals surface area contributed by atoms with Crippen LogP contribution in [0.1, 0.15) is 77.2 Å². The zero-order valence-electron chi connectivity index (χ0n) is 23.6. The molecule has 1 unspecified atom stereocenters. The number of rotatable bonds is 11. The third kappa shape index (κ3) is 7.51. The number of benzene rings is 1. The molecule has 9 nitrogen and oxygen atoms in total. The van der Waals surface area contributed by atoms with E-state index in [2.05, 4.69) is 0 Å². The Morgan fingerprint density at radius 1 is 1.08 bits per heavy atom. The molecule has 3 fully saturated rings. The van der Waals surface area contributed by atoms with Crippen LogP contribution in [-0.2, 0) is 25.6 Å². The van der Waals surface area contributed by atoms with E-state index in [0.29, 0.717) is 44.9 Å². The summed E-state index contributed by atoms with van der Waals surface area (Å²) in [4.78, 5) is 50.6. The molecule has 39 heavy (non-hydrogen) atoms. The van der Waals surface area contributed by atoms with Crippen molar-refractivity contribution in [3.63, 3.8) is 0 Å². The predicted molar refractivity (Wildman–Crippen MR) is 148 cm³/mol. The highest BCUT2D eigenvalue weighted by Gasteiger charge is 2.53. The normalized spacial score (nSPS) is 24.3. The molecule has 2 N–H and O–H groups in total. The molecule has 0 radical (unpaired) electrons. The summed E-state index contributed by atoms with van der Waals surface area (Å²) in [6, 6.07) is 9.35. The lowest BCUT2D eigenvalue weighted by atomic mass is 9.90. The van der Waals surface area contributed by atoms with E-state index >= 15 is 0 Å². The van der Waals surface area contributed by atoms with Gasteiger partial charge in [-0.15, -0.1) is 0 Å². The van der Waals surface area contributed by atoms with E-state index in [1.807, 2.05) is 44.2 Å². The molecule has 2 heterocycles. The fraction of sp³-hybridized carbons (Fsp3) is 0.700. The van der Waals surface area contributed by atoms with Gasteiger partial charge >= 0.3 is 6.09 Å². The molecule has 9 heteroatoms. The fourth-order valence-electron chi connectivity index (χ4n) is 6.02. The molecule has 0 aromatic heterocycles. The van der Waals surface area contributed by atoms with Crippen LogP contribution >= 0.6 is 0 Å². The van der Waals surface area contributed by atoms with E-state index < -0.39 is 24.4 Å². The van der Waals surface area contributed by atoms with Crippen molar-refractivity contribution in [3.05, 3.63) is 35.9 Å². The van der Waals surface area contributed by atoms with E-state index in [0.717, 1.165) is 44.1 Å². The second kappa shape index (κ2) is 14.1. The summed E-state index contributed by atoms with van der Waals surface area (Å²) in [5, 5.41) is 1.26. The van der Waals surface area contributed by atoms with Gasteiger partial charge in [0.15, 0.2) is 12.3 Å². The molecular weight excluding hydrogens is 496 g/mol. The highest BCUT2D eigenvalue weighted by Crippen LogP contribution is 2.32. The van der Waals surface area contributed by atoms with Gasteiger partial charge in [-0.05, 0) is 68.9 Å². The average Bonchev–Trinajstić information content (AvgIpc) is 2.94. The largest absolute Gasteiger partial charge is 0.448 e.